The lowest BCUT2D eigenvalue weighted by Gasteiger charge is -2.21. The van der Waals surface area contributed by atoms with Crippen LogP contribution in [0.3, 0.4) is 0 Å². The summed E-state index contributed by atoms with van der Waals surface area (Å²) < 4.78 is 5.52. The minimum absolute atomic E-state index is 0.00300. The van der Waals surface area contributed by atoms with Crippen molar-refractivity contribution in [3.05, 3.63) is 22.5 Å². The molecule has 0 saturated carbocycles. The summed E-state index contributed by atoms with van der Waals surface area (Å²) in [4.78, 5) is 28.4. The van der Waals surface area contributed by atoms with Gasteiger partial charge in [0.2, 0.25) is 0 Å². The highest BCUT2D eigenvalue weighted by Crippen LogP contribution is 2.20. The second kappa shape index (κ2) is 5.66. The van der Waals surface area contributed by atoms with Crippen LogP contribution in [0.4, 0.5) is 0 Å². The number of nitrogens with zero attached hydrogens (tertiary/aromatic N) is 1. The van der Waals surface area contributed by atoms with Gasteiger partial charge in [-0.1, -0.05) is 0 Å². The van der Waals surface area contributed by atoms with Gasteiger partial charge in [-0.2, -0.15) is 0 Å². The summed E-state index contributed by atoms with van der Waals surface area (Å²) in [6.45, 7) is 7.07. The van der Waals surface area contributed by atoms with E-state index in [0.717, 1.165) is 6.42 Å². The van der Waals surface area contributed by atoms with Gasteiger partial charge in [0, 0.05) is 25.4 Å². The van der Waals surface area contributed by atoms with Crippen molar-refractivity contribution in [2.24, 2.45) is 0 Å². The van der Waals surface area contributed by atoms with Crippen molar-refractivity contribution in [2.75, 3.05) is 19.7 Å². The number of carboxylic acid groups (broad SMARTS) is 1. The average molecular weight is 280 g/mol. The molecule has 6 heteroatoms. The molecule has 20 heavy (non-hydrogen) atoms. The first-order valence-corrected chi connectivity index (χ1v) is 6.75. The quantitative estimate of drug-likeness (QED) is 0.861. The van der Waals surface area contributed by atoms with Gasteiger partial charge in [0.05, 0.1) is 11.7 Å². The minimum atomic E-state index is -1.01. The highest BCUT2D eigenvalue weighted by atomic mass is 16.5. The first kappa shape index (κ1) is 14.6. The van der Waals surface area contributed by atoms with Crippen LogP contribution in [0, 0.1) is 13.8 Å². The Balaban J connectivity index is 2.29. The van der Waals surface area contributed by atoms with Gasteiger partial charge in [0.1, 0.15) is 5.69 Å². The van der Waals surface area contributed by atoms with Crippen LogP contribution >= 0.6 is 0 Å². The van der Waals surface area contributed by atoms with Crippen molar-refractivity contribution in [3.8, 4) is 0 Å². The maximum atomic E-state index is 12.6. The standard InChI is InChI=1S/C14H20N2O4/c1-8-7-16(5-4-6-20-8)13(17)12-9(2)11(14(18)19)10(3)15-12/h8,15H,4-7H2,1-3H3,(H,18,19). The molecule has 0 radical (unpaired) electrons. The van der Waals surface area contributed by atoms with Gasteiger partial charge in [-0.25, -0.2) is 4.79 Å². The van der Waals surface area contributed by atoms with E-state index >= 15 is 0 Å². The van der Waals surface area contributed by atoms with Crippen LogP contribution in [0.15, 0.2) is 0 Å². The van der Waals surface area contributed by atoms with Gasteiger partial charge in [-0.05, 0) is 32.8 Å². The molecule has 0 spiro atoms. The molecule has 0 aliphatic carbocycles. The third-order valence-electron chi connectivity index (χ3n) is 3.60. The molecule has 2 heterocycles. The van der Waals surface area contributed by atoms with E-state index in [-0.39, 0.29) is 17.6 Å². The van der Waals surface area contributed by atoms with E-state index in [9.17, 15) is 14.7 Å². The smallest absolute Gasteiger partial charge is 0.337 e. The molecule has 1 unspecified atom stereocenters. The summed E-state index contributed by atoms with van der Waals surface area (Å²) in [7, 11) is 0. The third-order valence-corrected chi connectivity index (χ3v) is 3.60. The molecule has 1 amide bonds. The van der Waals surface area contributed by atoms with Gasteiger partial charge >= 0.3 is 5.97 Å². The molecule has 1 aliphatic heterocycles. The summed E-state index contributed by atoms with van der Waals surface area (Å²) in [5.41, 5.74) is 1.57. The van der Waals surface area contributed by atoms with E-state index in [1.807, 2.05) is 6.92 Å². The molecule has 0 aromatic carbocycles. The van der Waals surface area contributed by atoms with E-state index in [1.54, 1.807) is 18.7 Å². The van der Waals surface area contributed by atoms with Crippen LogP contribution in [-0.4, -0.2) is 52.7 Å². The number of nitrogens with one attached hydrogen (secondary N) is 1. The predicted octanol–water partition coefficient (Wildman–Crippen LogP) is 1.58. The van der Waals surface area contributed by atoms with Crippen LogP contribution in [-0.2, 0) is 4.74 Å². The number of amides is 1. The van der Waals surface area contributed by atoms with E-state index in [4.69, 9.17) is 4.74 Å². The number of aromatic nitrogens is 1. The monoisotopic (exact) mass is 280 g/mol. The Morgan fingerprint density at radius 3 is 2.70 bits per heavy atom. The zero-order valence-electron chi connectivity index (χ0n) is 12.0. The van der Waals surface area contributed by atoms with Crippen molar-refractivity contribution in [3.63, 3.8) is 0 Å². The fourth-order valence-corrected chi connectivity index (χ4v) is 2.62. The number of carboxylic acids is 1. The van der Waals surface area contributed by atoms with Gasteiger partial charge in [-0.15, -0.1) is 0 Å². The van der Waals surface area contributed by atoms with Crippen molar-refractivity contribution in [2.45, 2.75) is 33.3 Å². The maximum absolute atomic E-state index is 12.6. The number of hydrogen-bond donors (Lipinski definition) is 2. The Labute approximate surface area is 117 Å². The summed E-state index contributed by atoms with van der Waals surface area (Å²) >= 11 is 0. The van der Waals surface area contributed by atoms with Crippen LogP contribution < -0.4 is 0 Å². The molecule has 1 aromatic rings. The predicted molar refractivity (Wildman–Crippen MR) is 73.2 cm³/mol. The van der Waals surface area contributed by atoms with Gasteiger partial charge < -0.3 is 19.7 Å². The van der Waals surface area contributed by atoms with Crippen molar-refractivity contribution in [1.82, 2.24) is 9.88 Å². The van der Waals surface area contributed by atoms with E-state index in [2.05, 4.69) is 4.98 Å². The molecule has 0 bridgehead atoms. The molecule has 1 atom stereocenters. The molecule has 1 aromatic heterocycles. The van der Waals surface area contributed by atoms with E-state index < -0.39 is 5.97 Å². The number of ether oxygens (including phenoxy) is 1. The Kier molecular flexibility index (Phi) is 4.13. The van der Waals surface area contributed by atoms with Gasteiger partial charge in [0.25, 0.3) is 5.91 Å². The number of H-pyrrole nitrogens is 1. The number of carbonyl (C=O) groups is 2. The largest absolute Gasteiger partial charge is 0.478 e. The third kappa shape index (κ3) is 2.70. The zero-order chi connectivity index (χ0) is 14.9. The molecule has 2 N–H and O–H groups in total. The summed E-state index contributed by atoms with van der Waals surface area (Å²) in [6, 6.07) is 0. The van der Waals surface area contributed by atoms with Crippen molar-refractivity contribution >= 4 is 11.9 Å². The number of carbonyl (C=O) groups excluding carboxylic acids is 1. The Morgan fingerprint density at radius 1 is 1.40 bits per heavy atom. The summed E-state index contributed by atoms with van der Waals surface area (Å²) in [5, 5.41) is 9.17. The van der Waals surface area contributed by atoms with Gasteiger partial charge in [-0.3, -0.25) is 4.79 Å². The maximum Gasteiger partial charge on any atom is 0.337 e. The van der Waals surface area contributed by atoms with Crippen LogP contribution in [0.5, 0.6) is 0 Å². The average Bonchev–Trinajstić information content (AvgIpc) is 2.55. The van der Waals surface area contributed by atoms with E-state index in [0.29, 0.717) is 36.6 Å². The van der Waals surface area contributed by atoms with Crippen LogP contribution in [0.1, 0.15) is 45.4 Å². The Morgan fingerprint density at radius 2 is 2.10 bits per heavy atom. The number of aromatic carboxylic acids is 1. The molecule has 6 nitrogen and oxygen atoms in total. The van der Waals surface area contributed by atoms with E-state index in [1.165, 1.54) is 0 Å². The first-order valence-electron chi connectivity index (χ1n) is 6.75. The van der Waals surface area contributed by atoms with Crippen LogP contribution in [0.2, 0.25) is 0 Å². The Bertz CT molecular complexity index is 536. The SMILES string of the molecule is Cc1[nH]c(C(=O)N2CCCOC(C)C2)c(C)c1C(=O)O. The summed E-state index contributed by atoms with van der Waals surface area (Å²) in [6.07, 6.45) is 0.789. The topological polar surface area (TPSA) is 82.6 Å². The van der Waals surface area contributed by atoms with Crippen LogP contribution in [0.25, 0.3) is 0 Å². The number of rotatable bonds is 2. The molecule has 2 rings (SSSR count). The lowest BCUT2D eigenvalue weighted by molar-refractivity contribution is 0.0559. The second-order valence-corrected chi connectivity index (χ2v) is 5.22. The molecule has 1 fully saturated rings. The normalized spacial score (nSPS) is 19.8. The first-order chi connectivity index (χ1) is 9.41. The number of hydrogen-bond acceptors (Lipinski definition) is 3. The fraction of sp³-hybridized carbons (Fsp3) is 0.571. The van der Waals surface area contributed by atoms with Gasteiger partial charge in [0.15, 0.2) is 0 Å². The molecule has 1 saturated heterocycles. The molecular formula is C14H20N2O4. The fourth-order valence-electron chi connectivity index (χ4n) is 2.62. The lowest BCUT2D eigenvalue weighted by atomic mass is 10.1. The Hall–Kier alpha value is -1.82. The molecule has 1 aliphatic rings. The summed E-state index contributed by atoms with van der Waals surface area (Å²) in [5.74, 6) is -1.17. The number of aryl methyl sites for hydroxylation is 1. The minimum Gasteiger partial charge on any atom is -0.478 e. The highest BCUT2D eigenvalue weighted by Gasteiger charge is 2.26. The second-order valence-electron chi connectivity index (χ2n) is 5.22. The van der Waals surface area contributed by atoms with Crippen molar-refractivity contribution in [1.29, 1.82) is 0 Å². The molecule has 110 valence electrons. The highest BCUT2D eigenvalue weighted by molar-refractivity contribution is 5.99. The zero-order valence-corrected chi connectivity index (χ0v) is 12.0. The van der Waals surface area contributed by atoms with Crippen molar-refractivity contribution < 1.29 is 19.4 Å². The lowest BCUT2D eigenvalue weighted by Crippen LogP contribution is -2.36. The number of aromatic amines is 1. The molecular weight excluding hydrogens is 260 g/mol.